The molecule has 0 spiro atoms. The fourth-order valence-electron chi connectivity index (χ4n) is 1.57. The van der Waals surface area contributed by atoms with Crippen molar-refractivity contribution < 1.29 is 0 Å². The van der Waals surface area contributed by atoms with E-state index in [-0.39, 0.29) is 0 Å². The Bertz CT molecular complexity index is 409. The zero-order valence-electron chi connectivity index (χ0n) is 8.70. The minimum absolute atomic E-state index is 0.971. The average molecular weight is 185 g/mol. The third kappa shape index (κ3) is 1.87. The Morgan fingerprint density at radius 1 is 1.00 bits per heavy atom. The summed E-state index contributed by atoms with van der Waals surface area (Å²) in [6.07, 6.45) is 2.12. The van der Waals surface area contributed by atoms with Crippen molar-refractivity contribution in [3.8, 4) is 0 Å². The van der Waals surface area contributed by atoms with Crippen molar-refractivity contribution in [3.05, 3.63) is 59.4 Å². The van der Waals surface area contributed by atoms with Gasteiger partial charge in [0.05, 0.1) is 0 Å². The molecule has 0 aliphatic carbocycles. The van der Waals surface area contributed by atoms with Crippen LogP contribution in [-0.4, -0.2) is 4.57 Å². The van der Waals surface area contributed by atoms with Crippen LogP contribution in [0.3, 0.4) is 0 Å². The molecule has 0 radical (unpaired) electrons. The summed E-state index contributed by atoms with van der Waals surface area (Å²) >= 11 is 0. The molecule has 72 valence electrons. The number of benzene rings is 1. The second-order valence-electron chi connectivity index (χ2n) is 3.76. The van der Waals surface area contributed by atoms with Crippen molar-refractivity contribution >= 4 is 0 Å². The molecule has 0 atom stereocenters. The van der Waals surface area contributed by atoms with Gasteiger partial charge in [-0.15, -0.1) is 0 Å². The van der Waals surface area contributed by atoms with Gasteiger partial charge in [-0.05, 0) is 31.5 Å². The second-order valence-corrected chi connectivity index (χ2v) is 3.76. The average Bonchev–Trinajstić information content (AvgIpc) is 2.56. The van der Waals surface area contributed by atoms with Crippen LogP contribution < -0.4 is 0 Å². The molecule has 0 saturated carbocycles. The van der Waals surface area contributed by atoms with Crippen LogP contribution in [0.5, 0.6) is 0 Å². The molecule has 2 rings (SSSR count). The maximum Gasteiger partial charge on any atom is 0.0472 e. The maximum absolute atomic E-state index is 2.25. The van der Waals surface area contributed by atoms with E-state index in [1.165, 1.54) is 16.8 Å². The summed E-state index contributed by atoms with van der Waals surface area (Å²) in [5, 5.41) is 0. The molecule has 0 N–H and O–H groups in total. The van der Waals surface area contributed by atoms with E-state index in [2.05, 4.69) is 61.0 Å². The number of aryl methyl sites for hydroxylation is 2. The smallest absolute Gasteiger partial charge is 0.0472 e. The first-order chi connectivity index (χ1) is 6.75. The molecule has 0 aliphatic heterocycles. The monoisotopic (exact) mass is 185 g/mol. The standard InChI is InChI=1S/C13H15N/c1-11-5-7-13(8-6-11)10-14-9-3-4-12(14)2/h3-9H,10H2,1-2H3. The SMILES string of the molecule is Cc1ccc(Cn2cccc2C)cc1. The molecule has 0 unspecified atom stereocenters. The summed E-state index contributed by atoms with van der Waals surface area (Å²) in [5.41, 5.74) is 3.98. The van der Waals surface area contributed by atoms with Crippen LogP contribution in [0.1, 0.15) is 16.8 Å². The van der Waals surface area contributed by atoms with Crippen molar-refractivity contribution in [2.75, 3.05) is 0 Å². The Hall–Kier alpha value is -1.50. The molecule has 14 heavy (non-hydrogen) atoms. The number of hydrogen-bond donors (Lipinski definition) is 0. The number of nitrogens with zero attached hydrogens (tertiary/aromatic N) is 1. The Morgan fingerprint density at radius 2 is 1.71 bits per heavy atom. The van der Waals surface area contributed by atoms with E-state index < -0.39 is 0 Å². The number of hydrogen-bond acceptors (Lipinski definition) is 0. The lowest BCUT2D eigenvalue weighted by molar-refractivity contribution is 0.776. The van der Waals surface area contributed by atoms with Gasteiger partial charge in [-0.25, -0.2) is 0 Å². The lowest BCUT2D eigenvalue weighted by atomic mass is 10.1. The van der Waals surface area contributed by atoms with Gasteiger partial charge in [-0.2, -0.15) is 0 Å². The summed E-state index contributed by atoms with van der Waals surface area (Å²) in [7, 11) is 0. The minimum Gasteiger partial charge on any atom is -0.347 e. The summed E-state index contributed by atoms with van der Waals surface area (Å²) in [6.45, 7) is 5.22. The van der Waals surface area contributed by atoms with Crippen LogP contribution in [-0.2, 0) is 6.54 Å². The highest BCUT2D eigenvalue weighted by Crippen LogP contribution is 2.08. The zero-order chi connectivity index (χ0) is 9.97. The molecule has 1 nitrogen and oxygen atoms in total. The Balaban J connectivity index is 2.19. The fourth-order valence-corrected chi connectivity index (χ4v) is 1.57. The molecule has 0 bridgehead atoms. The number of aromatic nitrogens is 1. The molecule has 1 aromatic heterocycles. The van der Waals surface area contributed by atoms with E-state index in [4.69, 9.17) is 0 Å². The topological polar surface area (TPSA) is 4.93 Å². The molecule has 1 heteroatoms. The van der Waals surface area contributed by atoms with Crippen molar-refractivity contribution in [3.63, 3.8) is 0 Å². The molecule has 0 saturated heterocycles. The van der Waals surface area contributed by atoms with Crippen LogP contribution in [0.15, 0.2) is 42.6 Å². The Morgan fingerprint density at radius 3 is 2.29 bits per heavy atom. The van der Waals surface area contributed by atoms with Gasteiger partial charge < -0.3 is 4.57 Å². The van der Waals surface area contributed by atoms with E-state index in [9.17, 15) is 0 Å². The van der Waals surface area contributed by atoms with Crippen LogP contribution in [0, 0.1) is 13.8 Å². The highest BCUT2D eigenvalue weighted by Gasteiger charge is 1.96. The molecular weight excluding hydrogens is 170 g/mol. The van der Waals surface area contributed by atoms with Gasteiger partial charge in [0.2, 0.25) is 0 Å². The van der Waals surface area contributed by atoms with Gasteiger partial charge >= 0.3 is 0 Å². The first-order valence-corrected chi connectivity index (χ1v) is 4.93. The summed E-state index contributed by atoms with van der Waals surface area (Å²) in [4.78, 5) is 0. The van der Waals surface area contributed by atoms with Gasteiger partial charge in [0.25, 0.3) is 0 Å². The van der Waals surface area contributed by atoms with Crippen molar-refractivity contribution in [2.24, 2.45) is 0 Å². The normalized spacial score (nSPS) is 10.4. The fraction of sp³-hybridized carbons (Fsp3) is 0.231. The van der Waals surface area contributed by atoms with E-state index in [1.54, 1.807) is 0 Å². The first-order valence-electron chi connectivity index (χ1n) is 4.93. The van der Waals surface area contributed by atoms with E-state index in [1.807, 2.05) is 0 Å². The molecule has 0 amide bonds. The lowest BCUT2D eigenvalue weighted by Crippen LogP contribution is -1.99. The van der Waals surface area contributed by atoms with Gasteiger partial charge in [-0.1, -0.05) is 29.8 Å². The van der Waals surface area contributed by atoms with Crippen LogP contribution in [0.2, 0.25) is 0 Å². The van der Waals surface area contributed by atoms with Crippen molar-refractivity contribution in [2.45, 2.75) is 20.4 Å². The van der Waals surface area contributed by atoms with Gasteiger partial charge in [-0.3, -0.25) is 0 Å². The Kier molecular flexibility index (Phi) is 2.40. The maximum atomic E-state index is 2.25. The minimum atomic E-state index is 0.971. The molecular formula is C13H15N. The Labute approximate surface area is 85.0 Å². The molecule has 1 aromatic carbocycles. The third-order valence-corrected chi connectivity index (χ3v) is 2.53. The van der Waals surface area contributed by atoms with Crippen LogP contribution >= 0.6 is 0 Å². The largest absolute Gasteiger partial charge is 0.347 e. The molecule has 0 aliphatic rings. The van der Waals surface area contributed by atoms with E-state index >= 15 is 0 Å². The first kappa shape index (κ1) is 9.07. The summed E-state index contributed by atoms with van der Waals surface area (Å²) in [5.74, 6) is 0. The van der Waals surface area contributed by atoms with Crippen molar-refractivity contribution in [1.82, 2.24) is 4.57 Å². The van der Waals surface area contributed by atoms with Crippen LogP contribution in [0.25, 0.3) is 0 Å². The highest BCUT2D eigenvalue weighted by molar-refractivity contribution is 5.22. The lowest BCUT2D eigenvalue weighted by Gasteiger charge is -2.06. The van der Waals surface area contributed by atoms with Crippen molar-refractivity contribution in [1.29, 1.82) is 0 Å². The van der Waals surface area contributed by atoms with Gasteiger partial charge in [0.1, 0.15) is 0 Å². The summed E-state index contributed by atoms with van der Waals surface area (Å²) < 4.78 is 2.25. The molecule has 2 aromatic rings. The molecule has 0 fully saturated rings. The van der Waals surface area contributed by atoms with E-state index in [0.29, 0.717) is 0 Å². The quantitative estimate of drug-likeness (QED) is 0.677. The predicted octanol–water partition coefficient (Wildman–Crippen LogP) is 3.15. The van der Waals surface area contributed by atoms with Crippen LogP contribution in [0.4, 0.5) is 0 Å². The van der Waals surface area contributed by atoms with Gasteiger partial charge in [0, 0.05) is 18.4 Å². The number of rotatable bonds is 2. The highest BCUT2D eigenvalue weighted by atomic mass is 15.0. The third-order valence-electron chi connectivity index (χ3n) is 2.53. The zero-order valence-corrected chi connectivity index (χ0v) is 8.70. The van der Waals surface area contributed by atoms with Gasteiger partial charge in [0.15, 0.2) is 0 Å². The predicted molar refractivity (Wildman–Crippen MR) is 59.5 cm³/mol. The molecule has 1 heterocycles. The second kappa shape index (κ2) is 3.70. The van der Waals surface area contributed by atoms with E-state index in [0.717, 1.165) is 6.54 Å². The summed E-state index contributed by atoms with van der Waals surface area (Å²) in [6, 6.07) is 12.9.